The lowest BCUT2D eigenvalue weighted by Gasteiger charge is -2.18. The van der Waals surface area contributed by atoms with Gasteiger partial charge in [0.05, 0.1) is 5.75 Å². The van der Waals surface area contributed by atoms with Gasteiger partial charge in [-0.15, -0.1) is 0 Å². The van der Waals surface area contributed by atoms with Gasteiger partial charge in [-0.05, 0) is 12.0 Å². The third-order valence-corrected chi connectivity index (χ3v) is 3.85. The molecule has 1 rings (SSSR count). The van der Waals surface area contributed by atoms with Crippen molar-refractivity contribution in [3.8, 4) is 0 Å². The van der Waals surface area contributed by atoms with Crippen LogP contribution < -0.4 is 4.72 Å². The normalized spacial score (nSPS) is 13.5. The Morgan fingerprint density at radius 2 is 1.95 bits per heavy atom. The molecule has 0 unspecified atom stereocenters. The molecule has 0 saturated heterocycles. The van der Waals surface area contributed by atoms with Gasteiger partial charge in [-0.1, -0.05) is 32.0 Å². The van der Waals surface area contributed by atoms with Gasteiger partial charge in [0.25, 0.3) is 0 Å². The molecule has 7 heteroatoms. The highest BCUT2D eigenvalue weighted by Crippen LogP contribution is 2.12. The monoisotopic (exact) mass is 289 g/mol. The maximum Gasteiger partial charge on any atom is 0.321 e. The fraction of sp³-hybridized carbons (Fsp3) is 0.417. The second-order valence-corrected chi connectivity index (χ2v) is 6.28. The number of aliphatic carboxylic acids is 1. The maximum atomic E-state index is 13.4. The number of benzene rings is 1. The molecule has 0 aliphatic heterocycles. The summed E-state index contributed by atoms with van der Waals surface area (Å²) in [5, 5.41) is 8.93. The van der Waals surface area contributed by atoms with Crippen molar-refractivity contribution in [2.75, 3.05) is 0 Å². The molecule has 0 aromatic heterocycles. The first-order chi connectivity index (χ1) is 8.73. The molecule has 0 spiro atoms. The van der Waals surface area contributed by atoms with Crippen LogP contribution in [0.15, 0.2) is 24.3 Å². The van der Waals surface area contributed by atoms with E-state index in [2.05, 4.69) is 4.72 Å². The van der Waals surface area contributed by atoms with Gasteiger partial charge in [-0.3, -0.25) is 4.79 Å². The Morgan fingerprint density at radius 1 is 1.37 bits per heavy atom. The summed E-state index contributed by atoms with van der Waals surface area (Å²) < 4.78 is 39.1. The van der Waals surface area contributed by atoms with Crippen LogP contribution in [0.2, 0.25) is 0 Å². The van der Waals surface area contributed by atoms with Crippen LogP contribution in [0.25, 0.3) is 0 Å². The minimum Gasteiger partial charge on any atom is -0.480 e. The maximum absolute atomic E-state index is 13.4. The molecule has 0 bridgehead atoms. The molecule has 0 amide bonds. The number of hydrogen-bond donors (Lipinski definition) is 2. The standard InChI is InChI=1S/C12H16FNO4S/c1-8(2)11(12(15)16)14-19(17,18)7-9-5-3-4-6-10(9)13/h3-6,8,11,14H,7H2,1-2H3,(H,15,16)/t11-/m0/s1. The van der Waals surface area contributed by atoms with Crippen LogP contribution in [-0.4, -0.2) is 25.5 Å². The molecule has 1 atom stereocenters. The SMILES string of the molecule is CC(C)[C@H](NS(=O)(=O)Cc1ccccc1F)C(=O)O. The Morgan fingerprint density at radius 3 is 2.42 bits per heavy atom. The summed E-state index contributed by atoms with van der Waals surface area (Å²) in [6.45, 7) is 3.18. The highest BCUT2D eigenvalue weighted by atomic mass is 32.2. The number of carboxylic acid groups (broad SMARTS) is 1. The molecule has 0 aliphatic rings. The zero-order valence-electron chi connectivity index (χ0n) is 10.6. The van der Waals surface area contributed by atoms with Crippen LogP contribution in [-0.2, 0) is 20.6 Å². The van der Waals surface area contributed by atoms with Crippen LogP contribution in [0.5, 0.6) is 0 Å². The van der Waals surface area contributed by atoms with E-state index in [4.69, 9.17) is 5.11 Å². The minimum absolute atomic E-state index is 0.00268. The predicted octanol–water partition coefficient (Wildman–Crippen LogP) is 1.35. The summed E-state index contributed by atoms with van der Waals surface area (Å²) in [5.74, 6) is -2.89. The molecule has 0 radical (unpaired) electrons. The lowest BCUT2D eigenvalue weighted by atomic mass is 10.1. The highest BCUT2D eigenvalue weighted by Gasteiger charge is 2.27. The average molecular weight is 289 g/mol. The van der Waals surface area contributed by atoms with E-state index in [0.29, 0.717) is 0 Å². The molecule has 5 nitrogen and oxygen atoms in total. The topological polar surface area (TPSA) is 83.5 Å². The van der Waals surface area contributed by atoms with Gasteiger partial charge in [-0.25, -0.2) is 17.5 Å². The van der Waals surface area contributed by atoms with Crippen molar-refractivity contribution in [1.82, 2.24) is 4.72 Å². The number of hydrogen-bond acceptors (Lipinski definition) is 3. The van der Waals surface area contributed by atoms with Crippen LogP contribution in [0.1, 0.15) is 19.4 Å². The Kier molecular flexibility index (Phi) is 5.02. The molecule has 0 aliphatic carbocycles. The van der Waals surface area contributed by atoms with E-state index in [1.807, 2.05) is 0 Å². The van der Waals surface area contributed by atoms with E-state index >= 15 is 0 Å². The van der Waals surface area contributed by atoms with Crippen LogP contribution in [0.4, 0.5) is 4.39 Å². The summed E-state index contributed by atoms with van der Waals surface area (Å²) in [7, 11) is -3.92. The number of carboxylic acids is 1. The minimum atomic E-state index is -3.92. The number of rotatable bonds is 6. The van der Waals surface area contributed by atoms with Gasteiger partial charge in [0.2, 0.25) is 10.0 Å². The fourth-order valence-corrected chi connectivity index (χ4v) is 3.01. The van der Waals surface area contributed by atoms with Crippen LogP contribution >= 0.6 is 0 Å². The van der Waals surface area contributed by atoms with Crippen molar-refractivity contribution in [3.05, 3.63) is 35.6 Å². The lowest BCUT2D eigenvalue weighted by Crippen LogP contribution is -2.44. The van der Waals surface area contributed by atoms with E-state index in [1.165, 1.54) is 18.2 Å². The third-order valence-electron chi connectivity index (χ3n) is 2.54. The van der Waals surface area contributed by atoms with Crippen molar-refractivity contribution in [3.63, 3.8) is 0 Å². The van der Waals surface area contributed by atoms with Crippen molar-refractivity contribution in [2.45, 2.75) is 25.6 Å². The molecular weight excluding hydrogens is 273 g/mol. The number of carbonyl (C=O) groups is 1. The van der Waals surface area contributed by atoms with Crippen molar-refractivity contribution in [1.29, 1.82) is 0 Å². The Bertz CT molecular complexity index is 557. The predicted molar refractivity (Wildman–Crippen MR) is 68.4 cm³/mol. The van der Waals surface area contributed by atoms with Gasteiger partial charge in [0, 0.05) is 5.56 Å². The molecule has 106 valence electrons. The zero-order valence-corrected chi connectivity index (χ0v) is 11.4. The van der Waals surface area contributed by atoms with Crippen molar-refractivity contribution in [2.24, 2.45) is 5.92 Å². The van der Waals surface area contributed by atoms with Gasteiger partial charge >= 0.3 is 5.97 Å². The average Bonchev–Trinajstić information content (AvgIpc) is 2.28. The zero-order chi connectivity index (χ0) is 14.6. The molecule has 19 heavy (non-hydrogen) atoms. The Labute approximate surface area is 111 Å². The van der Waals surface area contributed by atoms with Gasteiger partial charge in [-0.2, -0.15) is 0 Å². The van der Waals surface area contributed by atoms with E-state index in [9.17, 15) is 17.6 Å². The van der Waals surface area contributed by atoms with Crippen molar-refractivity contribution >= 4 is 16.0 Å². The molecule has 1 aromatic rings. The number of halogens is 1. The molecule has 0 saturated carbocycles. The largest absolute Gasteiger partial charge is 0.480 e. The smallest absolute Gasteiger partial charge is 0.321 e. The van der Waals surface area contributed by atoms with E-state index < -0.39 is 39.5 Å². The molecular formula is C12H16FNO4S. The van der Waals surface area contributed by atoms with Crippen LogP contribution in [0, 0.1) is 11.7 Å². The second kappa shape index (κ2) is 6.12. The van der Waals surface area contributed by atoms with E-state index in [-0.39, 0.29) is 5.56 Å². The first kappa shape index (κ1) is 15.6. The molecule has 1 aromatic carbocycles. The van der Waals surface area contributed by atoms with Gasteiger partial charge in [0.15, 0.2) is 0 Å². The van der Waals surface area contributed by atoms with E-state index in [1.54, 1.807) is 13.8 Å². The third kappa shape index (κ3) is 4.60. The number of nitrogens with one attached hydrogen (secondary N) is 1. The Balaban J connectivity index is 2.88. The summed E-state index contributed by atoms with van der Waals surface area (Å²) in [4.78, 5) is 10.9. The second-order valence-electron chi connectivity index (χ2n) is 4.53. The van der Waals surface area contributed by atoms with E-state index in [0.717, 1.165) is 6.07 Å². The lowest BCUT2D eigenvalue weighted by molar-refractivity contribution is -0.140. The highest BCUT2D eigenvalue weighted by molar-refractivity contribution is 7.88. The fourth-order valence-electron chi connectivity index (χ4n) is 1.53. The van der Waals surface area contributed by atoms with Gasteiger partial charge in [0.1, 0.15) is 11.9 Å². The van der Waals surface area contributed by atoms with Crippen LogP contribution in [0.3, 0.4) is 0 Å². The summed E-state index contributed by atoms with van der Waals surface area (Å²) >= 11 is 0. The molecule has 2 N–H and O–H groups in total. The van der Waals surface area contributed by atoms with Gasteiger partial charge < -0.3 is 5.11 Å². The molecule has 0 fully saturated rings. The molecule has 0 heterocycles. The quantitative estimate of drug-likeness (QED) is 0.828. The van der Waals surface area contributed by atoms with Crippen molar-refractivity contribution < 1.29 is 22.7 Å². The summed E-state index contributed by atoms with van der Waals surface area (Å²) in [5.41, 5.74) is 0.00268. The Hall–Kier alpha value is -1.47. The summed E-state index contributed by atoms with van der Waals surface area (Å²) in [6.07, 6.45) is 0. The first-order valence-electron chi connectivity index (χ1n) is 5.69. The number of sulfonamides is 1. The summed E-state index contributed by atoms with van der Waals surface area (Å²) in [6, 6.07) is 4.25. The first-order valence-corrected chi connectivity index (χ1v) is 7.34.